The van der Waals surface area contributed by atoms with Gasteiger partial charge in [0.15, 0.2) is 5.78 Å². The van der Waals surface area contributed by atoms with Gasteiger partial charge in [-0.3, -0.25) is 9.59 Å². The monoisotopic (exact) mass is 290 g/mol. The van der Waals surface area contributed by atoms with Crippen LogP contribution >= 0.6 is 0 Å². The fourth-order valence-electron chi connectivity index (χ4n) is 1.98. The fraction of sp³-hybridized carbons (Fsp3) is 0.125. The minimum Gasteiger partial charge on any atom is -0.481 e. The first-order valence-electron chi connectivity index (χ1n) is 6.24. The van der Waals surface area contributed by atoms with Crippen LogP contribution in [0.15, 0.2) is 48.5 Å². The number of halogens is 2. The summed E-state index contributed by atoms with van der Waals surface area (Å²) in [4.78, 5) is 23.4. The average Bonchev–Trinajstić information content (AvgIpc) is 2.46. The van der Waals surface area contributed by atoms with Gasteiger partial charge in [0, 0.05) is 12.0 Å². The number of benzene rings is 2. The predicted molar refractivity (Wildman–Crippen MR) is 72.1 cm³/mol. The second kappa shape index (κ2) is 6.26. The molecular formula is C16H12F2O3. The van der Waals surface area contributed by atoms with Crippen LogP contribution in [0.3, 0.4) is 0 Å². The van der Waals surface area contributed by atoms with Gasteiger partial charge in [0.25, 0.3) is 0 Å². The number of Topliss-reactive ketones (excluding diaryl/α,β-unsaturated/α-hetero) is 1. The maximum Gasteiger partial charge on any atom is 0.311 e. The molecule has 0 heterocycles. The van der Waals surface area contributed by atoms with Crippen molar-refractivity contribution < 1.29 is 23.5 Å². The van der Waals surface area contributed by atoms with Gasteiger partial charge in [-0.25, -0.2) is 8.78 Å². The molecular weight excluding hydrogens is 278 g/mol. The zero-order valence-corrected chi connectivity index (χ0v) is 10.9. The Balaban J connectivity index is 2.20. The number of carboxylic acids is 1. The van der Waals surface area contributed by atoms with Gasteiger partial charge in [0.2, 0.25) is 0 Å². The third-order valence-electron chi connectivity index (χ3n) is 3.13. The van der Waals surface area contributed by atoms with Crippen molar-refractivity contribution in [1.82, 2.24) is 0 Å². The molecule has 0 saturated heterocycles. The van der Waals surface area contributed by atoms with E-state index in [0.717, 1.165) is 24.3 Å². The second-order valence-corrected chi connectivity index (χ2v) is 4.58. The van der Waals surface area contributed by atoms with Crippen molar-refractivity contribution in [3.05, 3.63) is 71.3 Å². The van der Waals surface area contributed by atoms with Gasteiger partial charge < -0.3 is 5.11 Å². The van der Waals surface area contributed by atoms with E-state index in [2.05, 4.69) is 0 Å². The van der Waals surface area contributed by atoms with E-state index in [9.17, 15) is 23.5 Å². The molecule has 0 bridgehead atoms. The molecule has 0 aliphatic heterocycles. The summed E-state index contributed by atoms with van der Waals surface area (Å²) in [6, 6.07) is 9.86. The van der Waals surface area contributed by atoms with Crippen LogP contribution < -0.4 is 0 Å². The first kappa shape index (κ1) is 14.8. The number of carboxylic acid groups (broad SMARTS) is 1. The molecule has 21 heavy (non-hydrogen) atoms. The summed E-state index contributed by atoms with van der Waals surface area (Å²) in [5.41, 5.74) is 0.587. The molecule has 2 aromatic rings. The zero-order valence-electron chi connectivity index (χ0n) is 10.9. The lowest BCUT2D eigenvalue weighted by molar-refractivity contribution is -0.138. The number of aliphatic carboxylic acids is 1. The molecule has 3 nitrogen and oxygen atoms in total. The van der Waals surface area contributed by atoms with Crippen molar-refractivity contribution in [1.29, 1.82) is 0 Å². The molecule has 0 spiro atoms. The summed E-state index contributed by atoms with van der Waals surface area (Å²) in [5.74, 6) is -3.60. The highest BCUT2D eigenvalue weighted by molar-refractivity contribution is 5.99. The van der Waals surface area contributed by atoms with Crippen molar-refractivity contribution in [2.45, 2.75) is 12.3 Å². The number of ketones is 1. The number of rotatable bonds is 5. The summed E-state index contributed by atoms with van der Waals surface area (Å²) >= 11 is 0. The summed E-state index contributed by atoms with van der Waals surface area (Å²) in [5, 5.41) is 9.23. The largest absolute Gasteiger partial charge is 0.481 e. The normalized spacial score (nSPS) is 11.9. The number of carbonyl (C=O) groups excluding carboxylic acids is 1. The Morgan fingerprint density at radius 3 is 1.86 bits per heavy atom. The molecule has 0 radical (unpaired) electrons. The first-order chi connectivity index (χ1) is 9.97. The molecule has 1 unspecified atom stereocenters. The van der Waals surface area contributed by atoms with Crippen molar-refractivity contribution in [3.63, 3.8) is 0 Å². The molecule has 0 fully saturated rings. The lowest BCUT2D eigenvalue weighted by Crippen LogP contribution is -2.16. The quantitative estimate of drug-likeness (QED) is 0.859. The molecule has 2 rings (SSSR count). The van der Waals surface area contributed by atoms with Crippen molar-refractivity contribution in [2.75, 3.05) is 0 Å². The fourth-order valence-corrected chi connectivity index (χ4v) is 1.98. The van der Waals surface area contributed by atoms with E-state index in [4.69, 9.17) is 0 Å². The molecule has 5 heteroatoms. The van der Waals surface area contributed by atoms with Gasteiger partial charge in [-0.15, -0.1) is 0 Å². The van der Waals surface area contributed by atoms with Gasteiger partial charge in [-0.1, -0.05) is 12.1 Å². The lowest BCUT2D eigenvalue weighted by Gasteiger charge is -2.12. The van der Waals surface area contributed by atoms with Crippen molar-refractivity contribution >= 4 is 11.8 Å². The van der Waals surface area contributed by atoms with Gasteiger partial charge in [0.05, 0.1) is 5.92 Å². The van der Waals surface area contributed by atoms with Crippen LogP contribution in [0.25, 0.3) is 0 Å². The minimum absolute atomic E-state index is 0.241. The third-order valence-corrected chi connectivity index (χ3v) is 3.13. The molecule has 0 aliphatic carbocycles. The molecule has 0 aliphatic rings. The maximum absolute atomic E-state index is 12.9. The predicted octanol–water partition coefficient (Wildman–Crippen LogP) is 3.41. The zero-order chi connectivity index (χ0) is 15.4. The highest BCUT2D eigenvalue weighted by atomic mass is 19.1. The topological polar surface area (TPSA) is 54.4 Å². The Morgan fingerprint density at radius 1 is 0.905 bits per heavy atom. The van der Waals surface area contributed by atoms with Gasteiger partial charge in [0.1, 0.15) is 11.6 Å². The van der Waals surface area contributed by atoms with E-state index >= 15 is 0 Å². The van der Waals surface area contributed by atoms with Crippen molar-refractivity contribution in [2.24, 2.45) is 0 Å². The van der Waals surface area contributed by atoms with Gasteiger partial charge >= 0.3 is 5.97 Å². The number of hydrogen-bond acceptors (Lipinski definition) is 2. The Labute approximate surface area is 119 Å². The second-order valence-electron chi connectivity index (χ2n) is 4.58. The van der Waals surface area contributed by atoms with Crippen LogP contribution in [0.5, 0.6) is 0 Å². The van der Waals surface area contributed by atoms with Crippen LogP contribution in [0.2, 0.25) is 0 Å². The first-order valence-corrected chi connectivity index (χ1v) is 6.24. The molecule has 2 aromatic carbocycles. The van der Waals surface area contributed by atoms with E-state index in [-0.39, 0.29) is 12.0 Å². The number of hydrogen-bond donors (Lipinski definition) is 1. The SMILES string of the molecule is O=C(CC(C(=O)O)c1ccc(F)cc1)c1ccc(F)cc1. The van der Waals surface area contributed by atoms with Crippen LogP contribution in [0.4, 0.5) is 8.78 Å². The van der Waals surface area contributed by atoms with E-state index in [1.165, 1.54) is 24.3 Å². The van der Waals surface area contributed by atoms with Crippen LogP contribution in [-0.4, -0.2) is 16.9 Å². The van der Waals surface area contributed by atoms with Gasteiger partial charge in [-0.05, 0) is 42.0 Å². The van der Waals surface area contributed by atoms with Crippen LogP contribution in [-0.2, 0) is 4.79 Å². The Kier molecular flexibility index (Phi) is 4.42. The van der Waals surface area contributed by atoms with E-state index in [1.54, 1.807) is 0 Å². The average molecular weight is 290 g/mol. The molecule has 108 valence electrons. The molecule has 0 saturated carbocycles. The molecule has 1 atom stereocenters. The van der Waals surface area contributed by atoms with E-state index in [0.29, 0.717) is 5.56 Å². The minimum atomic E-state index is -1.17. The van der Waals surface area contributed by atoms with Gasteiger partial charge in [-0.2, -0.15) is 0 Å². The summed E-state index contributed by atoms with van der Waals surface area (Å²) < 4.78 is 25.7. The lowest BCUT2D eigenvalue weighted by atomic mass is 9.91. The third kappa shape index (κ3) is 3.72. The van der Waals surface area contributed by atoms with E-state index < -0.39 is 29.3 Å². The van der Waals surface area contributed by atoms with Crippen LogP contribution in [0.1, 0.15) is 28.3 Å². The standard InChI is InChI=1S/C16H12F2O3/c17-12-5-1-10(2-6-12)14(16(20)21)9-15(19)11-3-7-13(18)8-4-11/h1-8,14H,9H2,(H,20,21). The maximum atomic E-state index is 12.9. The smallest absolute Gasteiger partial charge is 0.311 e. The summed E-state index contributed by atoms with van der Waals surface area (Å²) in [6.45, 7) is 0. The Bertz CT molecular complexity index is 648. The van der Waals surface area contributed by atoms with Crippen molar-refractivity contribution in [3.8, 4) is 0 Å². The molecule has 0 amide bonds. The molecule has 0 aromatic heterocycles. The van der Waals surface area contributed by atoms with Crippen LogP contribution in [0, 0.1) is 11.6 Å². The Hall–Kier alpha value is -2.56. The highest BCUT2D eigenvalue weighted by Gasteiger charge is 2.24. The van der Waals surface area contributed by atoms with E-state index in [1.807, 2.05) is 0 Å². The number of carbonyl (C=O) groups is 2. The summed E-state index contributed by atoms with van der Waals surface area (Å²) in [6.07, 6.45) is -0.271. The summed E-state index contributed by atoms with van der Waals surface area (Å²) in [7, 11) is 0. The molecule has 1 N–H and O–H groups in total. The highest BCUT2D eigenvalue weighted by Crippen LogP contribution is 2.23. The Morgan fingerprint density at radius 2 is 1.38 bits per heavy atom.